The Morgan fingerprint density at radius 2 is 1.72 bits per heavy atom. The van der Waals surface area contributed by atoms with Crippen LogP contribution in [0.1, 0.15) is 31.4 Å². The van der Waals surface area contributed by atoms with E-state index in [1.165, 1.54) is 5.56 Å². The lowest BCUT2D eigenvalue weighted by Gasteiger charge is -2.45. The summed E-state index contributed by atoms with van der Waals surface area (Å²) < 4.78 is 17.8. The minimum Gasteiger partial charge on any atom is -0.496 e. The van der Waals surface area contributed by atoms with Crippen molar-refractivity contribution < 1.29 is 14.2 Å². The highest BCUT2D eigenvalue weighted by atomic mass is 16.7. The van der Waals surface area contributed by atoms with Crippen LogP contribution in [-0.4, -0.2) is 56.4 Å². The van der Waals surface area contributed by atoms with E-state index in [0.29, 0.717) is 13.2 Å². The van der Waals surface area contributed by atoms with Gasteiger partial charge in [-0.25, -0.2) is 0 Å². The summed E-state index contributed by atoms with van der Waals surface area (Å²) in [5, 5.41) is 0. The first-order valence-electron chi connectivity index (χ1n) is 10.4. The van der Waals surface area contributed by atoms with Crippen LogP contribution in [0.25, 0.3) is 0 Å². The number of nitrogens with zero attached hydrogens (tertiary/aromatic N) is 2. The van der Waals surface area contributed by atoms with Gasteiger partial charge in [-0.2, -0.15) is 0 Å². The van der Waals surface area contributed by atoms with Crippen LogP contribution < -0.4 is 4.74 Å². The maximum Gasteiger partial charge on any atom is 0.193 e. The Bertz CT molecular complexity index is 773. The van der Waals surface area contributed by atoms with Crippen molar-refractivity contribution in [3.05, 3.63) is 65.7 Å². The topological polar surface area (TPSA) is 43.3 Å². The van der Waals surface area contributed by atoms with Crippen molar-refractivity contribution in [1.82, 2.24) is 4.90 Å². The van der Waals surface area contributed by atoms with Gasteiger partial charge in [0.05, 0.1) is 7.11 Å². The third-order valence-electron chi connectivity index (χ3n) is 5.27. The molecule has 156 valence electrons. The molecule has 0 radical (unpaired) electrons. The van der Waals surface area contributed by atoms with Crippen LogP contribution in [0.4, 0.5) is 0 Å². The molecular weight excluding hydrogens is 364 g/mol. The van der Waals surface area contributed by atoms with Crippen LogP contribution >= 0.6 is 0 Å². The fourth-order valence-corrected chi connectivity index (χ4v) is 3.91. The van der Waals surface area contributed by atoms with E-state index in [1.54, 1.807) is 7.11 Å². The molecule has 1 unspecified atom stereocenters. The first kappa shape index (κ1) is 21.5. The molecule has 2 aromatic carbocycles. The molecule has 29 heavy (non-hydrogen) atoms. The Morgan fingerprint density at radius 1 is 1.03 bits per heavy atom. The number of rotatable bonds is 9. The van der Waals surface area contributed by atoms with Gasteiger partial charge in [0.25, 0.3) is 0 Å². The quantitative estimate of drug-likeness (QED) is 0.472. The lowest BCUT2D eigenvalue weighted by atomic mass is 9.97. The molecule has 1 heterocycles. The van der Waals surface area contributed by atoms with Crippen molar-refractivity contribution in [2.24, 2.45) is 4.99 Å². The number of ether oxygens (including phenoxy) is 3. The monoisotopic (exact) mass is 396 g/mol. The largest absolute Gasteiger partial charge is 0.496 e. The van der Waals surface area contributed by atoms with E-state index in [4.69, 9.17) is 19.2 Å². The molecule has 3 rings (SSSR count). The average molecular weight is 397 g/mol. The van der Waals surface area contributed by atoms with Gasteiger partial charge in [0, 0.05) is 51.0 Å². The summed E-state index contributed by atoms with van der Waals surface area (Å²) in [4.78, 5) is 7.37. The minimum atomic E-state index is -0.685. The van der Waals surface area contributed by atoms with Gasteiger partial charge < -0.3 is 14.2 Å². The van der Waals surface area contributed by atoms with Crippen LogP contribution in [0.3, 0.4) is 0 Å². The van der Waals surface area contributed by atoms with Crippen molar-refractivity contribution in [2.45, 2.75) is 38.6 Å². The minimum absolute atomic E-state index is 0.121. The molecule has 0 bridgehead atoms. The van der Waals surface area contributed by atoms with Gasteiger partial charge in [-0.05, 0) is 31.5 Å². The maximum atomic E-state index is 6.17. The van der Waals surface area contributed by atoms with Crippen molar-refractivity contribution in [1.29, 1.82) is 0 Å². The molecule has 1 atom stereocenters. The number of methoxy groups -OCH3 is 1. The Labute approximate surface area is 174 Å². The Morgan fingerprint density at radius 3 is 2.41 bits per heavy atom. The Hall–Kier alpha value is -2.21. The molecule has 1 saturated heterocycles. The first-order chi connectivity index (χ1) is 14.2. The average Bonchev–Trinajstić information content (AvgIpc) is 2.75. The number of hydrogen-bond donors (Lipinski definition) is 0. The van der Waals surface area contributed by atoms with Crippen LogP contribution in [0, 0.1) is 0 Å². The molecule has 0 N–H and O–H groups in total. The maximum absolute atomic E-state index is 6.17. The van der Waals surface area contributed by atoms with Gasteiger partial charge in [-0.3, -0.25) is 9.89 Å². The molecule has 0 amide bonds. The summed E-state index contributed by atoms with van der Waals surface area (Å²) >= 11 is 0. The summed E-state index contributed by atoms with van der Waals surface area (Å²) in [6, 6.07) is 18.3. The number of benzene rings is 2. The molecule has 0 spiro atoms. The third-order valence-corrected chi connectivity index (χ3v) is 5.27. The standard InChI is InChI=1S/C24H32N2O3/c1-4-28-24(29-5-2)15-16-26(18-20-11-7-6-8-12-20)19-23(24)25-17-21-13-9-10-14-22(21)27-3/h6-14,17,23H,4-5,15-16,18-19H2,1-3H3. The highest BCUT2D eigenvalue weighted by molar-refractivity contribution is 5.83. The SMILES string of the molecule is CCOC1(OCC)CCN(Cc2ccccc2)CC1N=Cc1ccccc1OC. The fraction of sp³-hybridized carbons (Fsp3) is 0.458. The van der Waals surface area contributed by atoms with Crippen molar-refractivity contribution in [2.75, 3.05) is 33.4 Å². The van der Waals surface area contributed by atoms with E-state index >= 15 is 0 Å². The molecule has 0 aliphatic carbocycles. The summed E-state index contributed by atoms with van der Waals surface area (Å²) in [5.41, 5.74) is 2.26. The molecule has 1 aliphatic rings. The van der Waals surface area contributed by atoms with Crippen molar-refractivity contribution in [3.63, 3.8) is 0 Å². The molecule has 1 fully saturated rings. The van der Waals surface area contributed by atoms with E-state index in [2.05, 4.69) is 35.2 Å². The van der Waals surface area contributed by atoms with E-state index < -0.39 is 5.79 Å². The van der Waals surface area contributed by atoms with Crippen molar-refractivity contribution >= 4 is 6.21 Å². The summed E-state index contributed by atoms with van der Waals surface area (Å²) in [6.07, 6.45) is 2.68. The highest BCUT2D eigenvalue weighted by Crippen LogP contribution is 2.31. The molecule has 0 aromatic heterocycles. The third kappa shape index (κ3) is 5.44. The second-order valence-electron chi connectivity index (χ2n) is 7.18. The lowest BCUT2D eigenvalue weighted by molar-refractivity contribution is -0.262. The zero-order chi connectivity index (χ0) is 20.5. The summed E-state index contributed by atoms with van der Waals surface area (Å²) in [7, 11) is 1.68. The smallest absolute Gasteiger partial charge is 0.193 e. The molecule has 0 saturated carbocycles. The Kier molecular flexibility index (Phi) is 7.81. The van der Waals surface area contributed by atoms with E-state index in [-0.39, 0.29) is 6.04 Å². The van der Waals surface area contributed by atoms with Crippen LogP contribution in [0.5, 0.6) is 5.75 Å². The van der Waals surface area contributed by atoms with Crippen molar-refractivity contribution in [3.8, 4) is 5.75 Å². The zero-order valence-corrected chi connectivity index (χ0v) is 17.7. The molecule has 1 aliphatic heterocycles. The Balaban J connectivity index is 1.83. The van der Waals surface area contributed by atoms with E-state index in [9.17, 15) is 0 Å². The predicted octanol–water partition coefficient (Wildman–Crippen LogP) is 4.16. The van der Waals surface area contributed by atoms with E-state index in [1.807, 2.05) is 44.3 Å². The number of aliphatic imine (C=N–C) groups is 1. The van der Waals surface area contributed by atoms with Gasteiger partial charge in [0.1, 0.15) is 11.8 Å². The molecule has 5 heteroatoms. The van der Waals surface area contributed by atoms with Gasteiger partial charge in [0.2, 0.25) is 0 Å². The summed E-state index contributed by atoms with van der Waals surface area (Å²) in [6.45, 7) is 7.81. The van der Waals surface area contributed by atoms with Gasteiger partial charge in [-0.1, -0.05) is 42.5 Å². The number of para-hydroxylation sites is 1. The van der Waals surface area contributed by atoms with Crippen LogP contribution in [0.2, 0.25) is 0 Å². The molecule has 5 nitrogen and oxygen atoms in total. The number of likely N-dealkylation sites (tertiary alicyclic amines) is 1. The normalized spacial score (nSPS) is 19.5. The van der Waals surface area contributed by atoms with Gasteiger partial charge >= 0.3 is 0 Å². The van der Waals surface area contributed by atoms with Crippen LogP contribution in [0.15, 0.2) is 59.6 Å². The van der Waals surface area contributed by atoms with E-state index in [0.717, 1.165) is 37.4 Å². The predicted molar refractivity (Wildman–Crippen MR) is 117 cm³/mol. The second kappa shape index (κ2) is 10.5. The first-order valence-corrected chi connectivity index (χ1v) is 10.4. The molecular formula is C24H32N2O3. The van der Waals surface area contributed by atoms with Crippen LogP contribution in [-0.2, 0) is 16.0 Å². The second-order valence-corrected chi connectivity index (χ2v) is 7.18. The van der Waals surface area contributed by atoms with Gasteiger partial charge in [0.15, 0.2) is 5.79 Å². The fourth-order valence-electron chi connectivity index (χ4n) is 3.91. The highest BCUT2D eigenvalue weighted by Gasteiger charge is 2.44. The number of piperidine rings is 1. The summed E-state index contributed by atoms with van der Waals surface area (Å²) in [5.74, 6) is 0.126. The van der Waals surface area contributed by atoms with Gasteiger partial charge in [-0.15, -0.1) is 0 Å². The molecule has 2 aromatic rings. The number of hydrogen-bond acceptors (Lipinski definition) is 5. The zero-order valence-electron chi connectivity index (χ0n) is 17.7. The lowest BCUT2D eigenvalue weighted by Crippen LogP contribution is -2.57.